The Hall–Kier alpha value is -4.57. The highest BCUT2D eigenvalue weighted by atomic mass is 16.7. The molecule has 2 unspecified atom stereocenters. The number of phenolic OH excluding ortho intramolecular Hbond substituents is 1. The van der Waals surface area contributed by atoms with Crippen molar-refractivity contribution >= 4 is 29.8 Å². The quantitative estimate of drug-likeness (QED) is 0.280. The molecular weight excluding hydrogens is 548 g/mol. The fraction of sp³-hybridized carbons (Fsp3) is 0.480. The summed E-state index contributed by atoms with van der Waals surface area (Å²) in [5.41, 5.74) is 0.574. The first-order valence-corrected chi connectivity index (χ1v) is 12.2. The van der Waals surface area contributed by atoms with Crippen LogP contribution in [-0.2, 0) is 54.2 Å². The van der Waals surface area contributed by atoms with E-state index in [0.29, 0.717) is 11.4 Å². The highest BCUT2D eigenvalue weighted by Gasteiger charge is 2.51. The zero-order valence-electron chi connectivity index (χ0n) is 22.9. The first kappa shape index (κ1) is 31.0. The van der Waals surface area contributed by atoms with Gasteiger partial charge in [0.1, 0.15) is 30.1 Å². The second-order valence-corrected chi connectivity index (χ2v) is 8.86. The number of methoxy groups -OCH3 is 1. The Morgan fingerprint density at radius 2 is 1.71 bits per heavy atom. The number of carbonyl (C=O) groups is 5. The first-order valence-electron chi connectivity index (χ1n) is 12.2. The van der Waals surface area contributed by atoms with E-state index in [9.17, 15) is 29.1 Å². The summed E-state index contributed by atoms with van der Waals surface area (Å²) in [6.07, 6.45) is -3.66. The lowest BCUT2D eigenvalue weighted by atomic mass is 9.96. The van der Waals surface area contributed by atoms with Crippen molar-refractivity contribution in [1.82, 2.24) is 20.3 Å². The number of aromatic nitrogens is 3. The van der Waals surface area contributed by atoms with Crippen LogP contribution in [0.3, 0.4) is 0 Å². The topological polar surface area (TPSA) is 204 Å². The van der Waals surface area contributed by atoms with E-state index in [0.717, 1.165) is 13.8 Å². The summed E-state index contributed by atoms with van der Waals surface area (Å²) in [4.78, 5) is 59.5. The van der Waals surface area contributed by atoms with E-state index in [2.05, 4.69) is 20.4 Å². The Labute approximate surface area is 233 Å². The van der Waals surface area contributed by atoms with E-state index in [1.54, 1.807) is 0 Å². The van der Waals surface area contributed by atoms with Crippen LogP contribution in [0.15, 0.2) is 24.4 Å². The maximum atomic E-state index is 12.1. The molecule has 2 N–H and O–H groups in total. The van der Waals surface area contributed by atoms with E-state index in [1.807, 2.05) is 0 Å². The van der Waals surface area contributed by atoms with Gasteiger partial charge in [0.05, 0.1) is 31.3 Å². The second-order valence-electron chi connectivity index (χ2n) is 8.86. The molecule has 2 aromatic rings. The lowest BCUT2D eigenvalue weighted by Gasteiger charge is -2.44. The van der Waals surface area contributed by atoms with Crippen LogP contribution in [0, 0.1) is 0 Å². The number of aromatic hydroxyl groups is 1. The molecule has 1 aliphatic rings. The second kappa shape index (κ2) is 13.7. The smallest absolute Gasteiger partial charge is 0.341 e. The van der Waals surface area contributed by atoms with E-state index < -0.39 is 60.4 Å². The van der Waals surface area contributed by atoms with Crippen LogP contribution >= 0.6 is 0 Å². The number of amides is 1. The first-order chi connectivity index (χ1) is 19.4. The van der Waals surface area contributed by atoms with Gasteiger partial charge in [-0.15, -0.1) is 5.10 Å². The van der Waals surface area contributed by atoms with Crippen LogP contribution in [-0.4, -0.2) is 94.2 Å². The van der Waals surface area contributed by atoms with Crippen LogP contribution in [0.25, 0.3) is 5.69 Å². The van der Waals surface area contributed by atoms with Gasteiger partial charge in [0.15, 0.2) is 18.5 Å². The molecule has 41 heavy (non-hydrogen) atoms. The Bertz CT molecular complexity index is 1300. The minimum absolute atomic E-state index is 0.109. The van der Waals surface area contributed by atoms with Crippen LogP contribution in [0.4, 0.5) is 0 Å². The number of nitrogens with zero attached hydrogens (tertiary/aromatic N) is 3. The predicted molar refractivity (Wildman–Crippen MR) is 133 cm³/mol. The largest absolute Gasteiger partial charge is 0.507 e. The number of carbonyl (C=O) groups excluding carboxylic acids is 5. The Balaban J connectivity index is 1.94. The van der Waals surface area contributed by atoms with Crippen molar-refractivity contribution in [2.75, 3.05) is 13.7 Å². The molecule has 3 rings (SSSR count). The number of rotatable bonds is 10. The lowest BCUT2D eigenvalue weighted by Crippen LogP contribution is -2.66. The van der Waals surface area contributed by atoms with Crippen LogP contribution < -0.4 is 5.32 Å². The normalized spacial score (nSPS) is 21.8. The van der Waals surface area contributed by atoms with Gasteiger partial charge in [-0.05, 0) is 18.2 Å². The summed E-state index contributed by atoms with van der Waals surface area (Å²) >= 11 is 0. The van der Waals surface area contributed by atoms with Crippen molar-refractivity contribution < 1.29 is 57.5 Å². The number of ether oxygens (including phenoxy) is 6. The fourth-order valence-corrected chi connectivity index (χ4v) is 4.10. The highest BCUT2D eigenvalue weighted by molar-refractivity contribution is 5.93. The minimum Gasteiger partial charge on any atom is -0.507 e. The molecule has 0 aliphatic carbocycles. The van der Waals surface area contributed by atoms with Gasteiger partial charge in [-0.3, -0.25) is 19.2 Å². The molecule has 1 aromatic carbocycles. The Kier molecular flexibility index (Phi) is 10.3. The summed E-state index contributed by atoms with van der Waals surface area (Å²) < 4.78 is 33.8. The summed E-state index contributed by atoms with van der Waals surface area (Å²) in [6, 6.07) is 2.93. The molecule has 0 spiro atoms. The van der Waals surface area contributed by atoms with Crippen LogP contribution in [0.1, 0.15) is 43.7 Å². The van der Waals surface area contributed by atoms with E-state index in [1.165, 1.54) is 50.0 Å². The van der Waals surface area contributed by atoms with Gasteiger partial charge in [0, 0.05) is 27.7 Å². The maximum Gasteiger partial charge on any atom is 0.341 e. The Morgan fingerprint density at radius 1 is 1.02 bits per heavy atom. The molecule has 1 saturated heterocycles. The Morgan fingerprint density at radius 3 is 2.32 bits per heavy atom. The van der Waals surface area contributed by atoms with Crippen molar-refractivity contribution in [3.8, 4) is 11.4 Å². The van der Waals surface area contributed by atoms with Gasteiger partial charge >= 0.3 is 23.9 Å². The van der Waals surface area contributed by atoms with Crippen molar-refractivity contribution in [3.63, 3.8) is 0 Å². The number of esters is 4. The monoisotopic (exact) mass is 578 g/mol. The highest BCUT2D eigenvalue weighted by Crippen LogP contribution is 2.29. The number of hydrogen-bond acceptors (Lipinski definition) is 14. The number of hydrogen-bond donors (Lipinski definition) is 2. The zero-order chi connectivity index (χ0) is 30.3. The average Bonchev–Trinajstić information content (AvgIpc) is 3.37. The molecule has 0 bridgehead atoms. The van der Waals surface area contributed by atoms with Gasteiger partial charge < -0.3 is 38.8 Å². The standard InChI is InChI=1S/C25H30N4O12/c1-12(30)27-21-23(40-15(4)33)22(39-14(3)32)20(11-37-13(2)31)41-25(21)38-10-17-9-26-28-29(17)16-6-7-19(34)18(8-16)24(35)36-5/h6-9,20-23,25,34H,10-11H2,1-5H3,(H,27,30)/t20?,21-,22+,23?,25+/m0/s1. The van der Waals surface area contributed by atoms with Crippen molar-refractivity contribution in [2.24, 2.45) is 0 Å². The molecule has 16 heteroatoms. The van der Waals surface area contributed by atoms with Gasteiger partial charge in [-0.1, -0.05) is 5.21 Å². The molecule has 1 aromatic heterocycles. The molecule has 0 saturated carbocycles. The average molecular weight is 579 g/mol. The fourth-order valence-electron chi connectivity index (χ4n) is 4.10. The molecule has 1 amide bonds. The zero-order valence-corrected chi connectivity index (χ0v) is 22.9. The van der Waals surface area contributed by atoms with Gasteiger partial charge in [-0.25, -0.2) is 9.48 Å². The third-order valence-electron chi connectivity index (χ3n) is 5.72. The summed E-state index contributed by atoms with van der Waals surface area (Å²) in [6.45, 7) is 4.02. The lowest BCUT2D eigenvalue weighted by molar-refractivity contribution is -0.280. The number of phenols is 1. The maximum absolute atomic E-state index is 12.1. The molecule has 2 heterocycles. The molecular formula is C25H30N4O12. The predicted octanol–water partition coefficient (Wildman–Crippen LogP) is -0.0678. The molecule has 1 fully saturated rings. The molecule has 222 valence electrons. The van der Waals surface area contributed by atoms with Gasteiger partial charge in [-0.2, -0.15) is 0 Å². The van der Waals surface area contributed by atoms with Crippen molar-refractivity contribution in [3.05, 3.63) is 35.7 Å². The molecule has 5 atom stereocenters. The van der Waals surface area contributed by atoms with E-state index >= 15 is 0 Å². The summed E-state index contributed by atoms with van der Waals surface area (Å²) in [5, 5.41) is 20.5. The number of benzene rings is 1. The summed E-state index contributed by atoms with van der Waals surface area (Å²) in [5.74, 6) is -3.73. The van der Waals surface area contributed by atoms with Crippen molar-refractivity contribution in [1.29, 1.82) is 0 Å². The van der Waals surface area contributed by atoms with E-state index in [-0.39, 0.29) is 24.5 Å². The third kappa shape index (κ3) is 7.98. The number of nitrogens with one attached hydrogen (secondary N) is 1. The third-order valence-corrected chi connectivity index (χ3v) is 5.72. The van der Waals surface area contributed by atoms with Crippen LogP contribution in [0.5, 0.6) is 5.75 Å². The van der Waals surface area contributed by atoms with Gasteiger partial charge in [0.25, 0.3) is 0 Å². The molecule has 1 aliphatic heterocycles. The molecule has 0 radical (unpaired) electrons. The summed E-state index contributed by atoms with van der Waals surface area (Å²) in [7, 11) is 1.17. The van der Waals surface area contributed by atoms with E-state index in [4.69, 9.17) is 23.7 Å². The molecule has 16 nitrogen and oxygen atoms in total. The van der Waals surface area contributed by atoms with Gasteiger partial charge in [0.2, 0.25) is 5.91 Å². The van der Waals surface area contributed by atoms with Crippen molar-refractivity contribution in [2.45, 2.75) is 64.9 Å². The van der Waals surface area contributed by atoms with Crippen LogP contribution in [0.2, 0.25) is 0 Å². The minimum atomic E-state index is -1.32. The SMILES string of the molecule is COC(=O)c1cc(-n2nncc2CO[C@@H]2OC(COC(C)=O)[C@@H](OC(C)=O)C(OC(C)=O)[C@@H]2NC(C)=O)ccc1O.